The van der Waals surface area contributed by atoms with Crippen LogP contribution in [0.1, 0.15) is 102 Å². The molecule has 33 heavy (non-hydrogen) atoms. The van der Waals surface area contributed by atoms with Crippen LogP contribution in [0.2, 0.25) is 0 Å². The van der Waals surface area contributed by atoms with Crippen molar-refractivity contribution in [1.29, 1.82) is 0 Å². The van der Waals surface area contributed by atoms with Gasteiger partial charge in [0.05, 0.1) is 7.11 Å². The topological polar surface area (TPSA) is 75.6 Å². The molecule has 0 aliphatic carbocycles. The van der Waals surface area contributed by atoms with Gasteiger partial charge in [0.2, 0.25) is 5.91 Å². The molecule has 184 valence electrons. The highest BCUT2D eigenvalue weighted by atomic mass is 16.5. The second kappa shape index (κ2) is 19.0. The molecule has 0 saturated carbocycles. The van der Waals surface area contributed by atoms with Crippen molar-refractivity contribution in [3.8, 4) is 5.75 Å². The zero-order valence-electron chi connectivity index (χ0n) is 20.6. The summed E-state index contributed by atoms with van der Waals surface area (Å²) in [6, 6.07) is 6.99. The molecular weight excluding hydrogens is 414 g/mol. The fraction of sp³-hybridized carbons (Fsp3) is 0.571. The summed E-state index contributed by atoms with van der Waals surface area (Å²) in [6.07, 6.45) is 22.1. The van der Waals surface area contributed by atoms with Gasteiger partial charge >= 0.3 is 5.97 Å². The van der Waals surface area contributed by atoms with E-state index >= 15 is 0 Å². The van der Waals surface area contributed by atoms with Crippen LogP contribution in [0, 0.1) is 0 Å². The van der Waals surface area contributed by atoms with Gasteiger partial charge in [-0.15, -0.1) is 0 Å². The molecule has 1 aromatic carbocycles. The predicted octanol–water partition coefficient (Wildman–Crippen LogP) is 7.27. The number of methoxy groups -OCH3 is 1. The molecule has 0 aliphatic rings. The number of unbranched alkanes of at least 4 members (excludes halogenated alkanes) is 11. The molecule has 1 aromatic rings. The number of rotatable bonds is 19. The summed E-state index contributed by atoms with van der Waals surface area (Å²) < 4.78 is 5.10. The predicted molar refractivity (Wildman–Crippen MR) is 136 cm³/mol. The third kappa shape index (κ3) is 15.0. The standard InChI is InChI=1S/C28H43NO4/c1-3-4-5-6-7-8-9-10-11-12-13-14-15-16-17-18-27(30)29-26(28(31)32)23-24-19-21-25(33-2)22-20-24/h10-11,19-23H,3-9,12-18H2,1-2H3,(H,29,30)(H,31,32)/b11-10-,26-23-. The maximum absolute atomic E-state index is 12.1. The van der Waals surface area contributed by atoms with Crippen LogP contribution in [0.4, 0.5) is 0 Å². The Hall–Kier alpha value is -2.56. The first-order valence-corrected chi connectivity index (χ1v) is 12.6. The lowest BCUT2D eigenvalue weighted by Gasteiger charge is -2.07. The SMILES string of the molecule is CCCCCCCC/C=C\CCCCCCCC(=O)N/C(=C\c1ccc(OC)cc1)C(=O)O. The van der Waals surface area contributed by atoms with Gasteiger partial charge in [0, 0.05) is 6.42 Å². The Labute approximate surface area is 200 Å². The van der Waals surface area contributed by atoms with Crippen molar-refractivity contribution in [1.82, 2.24) is 5.32 Å². The Bertz CT molecular complexity index is 722. The molecule has 0 aliphatic heterocycles. The minimum absolute atomic E-state index is 0.113. The normalized spacial score (nSPS) is 11.6. The summed E-state index contributed by atoms with van der Waals surface area (Å²) in [5.41, 5.74) is 0.576. The molecule has 0 bridgehead atoms. The highest BCUT2D eigenvalue weighted by molar-refractivity contribution is 5.96. The quantitative estimate of drug-likeness (QED) is 0.130. The molecule has 0 unspecified atom stereocenters. The third-order valence-electron chi connectivity index (χ3n) is 5.60. The van der Waals surface area contributed by atoms with E-state index in [0.29, 0.717) is 17.7 Å². The number of hydrogen-bond acceptors (Lipinski definition) is 3. The Morgan fingerprint density at radius 1 is 0.848 bits per heavy atom. The van der Waals surface area contributed by atoms with Gasteiger partial charge in [-0.05, 0) is 55.9 Å². The van der Waals surface area contributed by atoms with Gasteiger partial charge in [0.25, 0.3) is 0 Å². The number of nitrogens with one attached hydrogen (secondary N) is 1. The van der Waals surface area contributed by atoms with Crippen molar-refractivity contribution in [2.45, 2.75) is 96.8 Å². The van der Waals surface area contributed by atoms with E-state index in [1.807, 2.05) is 0 Å². The number of benzene rings is 1. The number of ether oxygens (including phenoxy) is 1. The van der Waals surface area contributed by atoms with E-state index in [1.54, 1.807) is 31.4 Å². The molecule has 2 N–H and O–H groups in total. The number of carboxylic acids is 1. The van der Waals surface area contributed by atoms with Crippen molar-refractivity contribution >= 4 is 18.0 Å². The van der Waals surface area contributed by atoms with Crippen LogP contribution in [0.15, 0.2) is 42.1 Å². The van der Waals surface area contributed by atoms with Gasteiger partial charge in [0.1, 0.15) is 11.4 Å². The average molecular weight is 458 g/mol. The van der Waals surface area contributed by atoms with Crippen LogP contribution in [-0.4, -0.2) is 24.1 Å². The molecule has 5 nitrogen and oxygen atoms in total. The second-order valence-electron chi connectivity index (χ2n) is 8.52. The minimum atomic E-state index is -1.15. The van der Waals surface area contributed by atoms with Gasteiger partial charge in [-0.3, -0.25) is 4.79 Å². The molecule has 0 spiro atoms. The van der Waals surface area contributed by atoms with Crippen molar-refractivity contribution in [3.05, 3.63) is 47.7 Å². The summed E-state index contributed by atoms with van der Waals surface area (Å²) >= 11 is 0. The Balaban J connectivity index is 2.11. The van der Waals surface area contributed by atoms with E-state index in [-0.39, 0.29) is 11.6 Å². The largest absolute Gasteiger partial charge is 0.497 e. The fourth-order valence-electron chi connectivity index (χ4n) is 3.59. The zero-order chi connectivity index (χ0) is 24.2. The number of amides is 1. The van der Waals surface area contributed by atoms with E-state index in [9.17, 15) is 14.7 Å². The molecular formula is C28H43NO4. The Morgan fingerprint density at radius 2 is 1.39 bits per heavy atom. The lowest BCUT2D eigenvalue weighted by molar-refractivity contribution is -0.134. The van der Waals surface area contributed by atoms with Crippen LogP contribution in [0.5, 0.6) is 5.75 Å². The van der Waals surface area contributed by atoms with Crippen molar-refractivity contribution in [2.75, 3.05) is 7.11 Å². The fourth-order valence-corrected chi connectivity index (χ4v) is 3.59. The first kappa shape index (κ1) is 28.5. The summed E-state index contributed by atoms with van der Waals surface area (Å²) in [6.45, 7) is 2.25. The monoisotopic (exact) mass is 457 g/mol. The van der Waals surface area contributed by atoms with Crippen LogP contribution in [0.25, 0.3) is 6.08 Å². The smallest absolute Gasteiger partial charge is 0.352 e. The van der Waals surface area contributed by atoms with Gasteiger partial charge in [-0.1, -0.05) is 82.6 Å². The van der Waals surface area contributed by atoms with Crippen LogP contribution >= 0.6 is 0 Å². The van der Waals surface area contributed by atoms with E-state index in [1.165, 1.54) is 63.9 Å². The molecule has 0 radical (unpaired) electrons. The van der Waals surface area contributed by atoms with E-state index in [0.717, 1.165) is 25.7 Å². The summed E-state index contributed by atoms with van der Waals surface area (Å²) in [4.78, 5) is 23.6. The number of carbonyl (C=O) groups is 2. The molecule has 0 atom stereocenters. The highest BCUT2D eigenvalue weighted by Crippen LogP contribution is 2.14. The third-order valence-corrected chi connectivity index (χ3v) is 5.60. The first-order valence-electron chi connectivity index (χ1n) is 12.6. The maximum Gasteiger partial charge on any atom is 0.352 e. The molecule has 5 heteroatoms. The van der Waals surface area contributed by atoms with Gasteiger partial charge in [-0.2, -0.15) is 0 Å². The molecule has 1 amide bonds. The molecule has 0 fully saturated rings. The minimum Gasteiger partial charge on any atom is -0.497 e. The van der Waals surface area contributed by atoms with Crippen LogP contribution < -0.4 is 10.1 Å². The highest BCUT2D eigenvalue weighted by Gasteiger charge is 2.11. The van der Waals surface area contributed by atoms with Crippen molar-refractivity contribution in [2.24, 2.45) is 0 Å². The second-order valence-corrected chi connectivity index (χ2v) is 8.52. The summed E-state index contributed by atoms with van der Waals surface area (Å²) in [7, 11) is 1.57. The molecule has 0 aromatic heterocycles. The van der Waals surface area contributed by atoms with Crippen molar-refractivity contribution in [3.63, 3.8) is 0 Å². The number of carbonyl (C=O) groups excluding carboxylic acids is 1. The van der Waals surface area contributed by atoms with Gasteiger partial charge < -0.3 is 15.2 Å². The molecule has 0 saturated heterocycles. The maximum atomic E-state index is 12.1. The van der Waals surface area contributed by atoms with E-state index in [4.69, 9.17) is 4.74 Å². The van der Waals surface area contributed by atoms with Gasteiger partial charge in [0.15, 0.2) is 0 Å². The number of carboxylic acid groups (broad SMARTS) is 1. The van der Waals surface area contributed by atoms with E-state index < -0.39 is 5.97 Å². The van der Waals surface area contributed by atoms with Crippen LogP contribution in [0.3, 0.4) is 0 Å². The number of allylic oxidation sites excluding steroid dienone is 2. The molecule has 0 heterocycles. The van der Waals surface area contributed by atoms with Gasteiger partial charge in [-0.25, -0.2) is 4.79 Å². The summed E-state index contributed by atoms with van der Waals surface area (Å²) in [5, 5.41) is 11.9. The zero-order valence-corrected chi connectivity index (χ0v) is 20.6. The first-order chi connectivity index (χ1) is 16.1. The average Bonchev–Trinajstić information content (AvgIpc) is 2.81. The van der Waals surface area contributed by atoms with E-state index in [2.05, 4.69) is 24.4 Å². The lowest BCUT2D eigenvalue weighted by Crippen LogP contribution is -2.26. The Kier molecular flexibility index (Phi) is 16.4. The number of hydrogen-bond donors (Lipinski definition) is 2. The number of aliphatic carboxylic acids is 1. The Morgan fingerprint density at radius 3 is 1.94 bits per heavy atom. The van der Waals surface area contributed by atoms with Crippen LogP contribution in [-0.2, 0) is 9.59 Å². The van der Waals surface area contributed by atoms with Crippen molar-refractivity contribution < 1.29 is 19.4 Å². The lowest BCUT2D eigenvalue weighted by atomic mass is 10.1. The molecule has 1 rings (SSSR count). The summed E-state index contributed by atoms with van der Waals surface area (Å²) in [5.74, 6) is -0.712.